The van der Waals surface area contributed by atoms with Gasteiger partial charge in [0.2, 0.25) is 5.91 Å². The number of rotatable bonds is 5. The van der Waals surface area contributed by atoms with E-state index in [1.54, 1.807) is 7.05 Å². The molecule has 0 aromatic heterocycles. The molecule has 0 aromatic rings. The maximum absolute atomic E-state index is 13.1. The third-order valence-electron chi connectivity index (χ3n) is 6.69. The number of nitrogens with one attached hydrogen (secondary N) is 1. The van der Waals surface area contributed by atoms with E-state index in [1.165, 1.54) is 25.7 Å². The molecule has 156 valence electrons. The maximum Gasteiger partial charge on any atom is 0.253 e. The molecule has 2 amide bonds. The zero-order valence-electron chi connectivity index (χ0n) is 17.2. The molecule has 1 aliphatic carbocycles. The Morgan fingerprint density at radius 1 is 1.07 bits per heavy atom. The predicted molar refractivity (Wildman–Crippen MR) is 116 cm³/mol. The summed E-state index contributed by atoms with van der Waals surface area (Å²) >= 11 is 4.70. The molecule has 0 bridgehead atoms. The first-order valence-electron chi connectivity index (χ1n) is 10.8. The molecule has 2 atom stereocenters. The van der Waals surface area contributed by atoms with Gasteiger partial charge in [-0.05, 0) is 68.4 Å². The molecule has 1 saturated carbocycles. The van der Waals surface area contributed by atoms with Gasteiger partial charge in [0.05, 0.1) is 6.54 Å². The second kappa shape index (κ2) is 9.97. The average molecular weight is 406 g/mol. The third-order valence-corrected chi connectivity index (χ3v) is 7.19. The number of fused-ring (bicyclic) bond motifs is 1. The van der Waals surface area contributed by atoms with Crippen molar-refractivity contribution in [3.63, 3.8) is 0 Å². The molecular weight excluding hydrogens is 370 g/mol. The first-order chi connectivity index (χ1) is 13.5. The van der Waals surface area contributed by atoms with Crippen LogP contribution in [0, 0.1) is 11.8 Å². The Balaban J connectivity index is 1.56. The van der Waals surface area contributed by atoms with Gasteiger partial charge in [-0.3, -0.25) is 9.59 Å². The van der Waals surface area contributed by atoms with Gasteiger partial charge in [0.1, 0.15) is 0 Å². The second-order valence-electron chi connectivity index (χ2n) is 8.53. The highest BCUT2D eigenvalue weighted by Gasteiger charge is 2.36. The van der Waals surface area contributed by atoms with Gasteiger partial charge in [0.15, 0.2) is 0 Å². The van der Waals surface area contributed by atoms with E-state index in [-0.39, 0.29) is 11.8 Å². The summed E-state index contributed by atoms with van der Waals surface area (Å²) in [4.78, 5) is 30.0. The highest BCUT2D eigenvalue weighted by Crippen LogP contribution is 2.36. The summed E-state index contributed by atoms with van der Waals surface area (Å²) in [7, 11) is 1.79. The monoisotopic (exact) mass is 405 g/mol. The van der Waals surface area contributed by atoms with E-state index in [4.69, 9.17) is 12.6 Å². The van der Waals surface area contributed by atoms with Crippen LogP contribution < -0.4 is 5.32 Å². The van der Waals surface area contributed by atoms with E-state index < -0.39 is 0 Å². The zero-order valence-corrected chi connectivity index (χ0v) is 18.1. The summed E-state index contributed by atoms with van der Waals surface area (Å²) in [5.41, 5.74) is 0.560. The number of likely N-dealkylation sites (tertiary alicyclic amines) is 2. The van der Waals surface area contributed by atoms with Crippen LogP contribution in [0.4, 0.5) is 0 Å². The van der Waals surface area contributed by atoms with Gasteiger partial charge >= 0.3 is 0 Å². The zero-order chi connectivity index (χ0) is 20.1. The normalized spacial score (nSPS) is 26.7. The van der Waals surface area contributed by atoms with Crippen molar-refractivity contribution >= 4 is 24.4 Å². The number of carbonyl (C=O) groups excluding carboxylic acids is 2. The van der Waals surface area contributed by atoms with Gasteiger partial charge in [-0.2, -0.15) is 0 Å². The Kier molecular flexibility index (Phi) is 7.63. The highest BCUT2D eigenvalue weighted by molar-refractivity contribution is 7.84. The van der Waals surface area contributed by atoms with Crippen LogP contribution in [0.5, 0.6) is 0 Å². The lowest BCUT2D eigenvalue weighted by molar-refractivity contribution is -0.133. The fourth-order valence-corrected chi connectivity index (χ4v) is 5.52. The molecule has 1 N–H and O–H groups in total. The molecule has 3 aliphatic rings. The second-order valence-corrected chi connectivity index (χ2v) is 9.05. The van der Waals surface area contributed by atoms with Crippen LogP contribution in [0.3, 0.4) is 0 Å². The summed E-state index contributed by atoms with van der Waals surface area (Å²) in [5.74, 6) is 1.22. The summed E-state index contributed by atoms with van der Waals surface area (Å²) < 4.78 is 0. The number of hydrogen-bond donors (Lipinski definition) is 2. The molecule has 2 unspecified atom stereocenters. The van der Waals surface area contributed by atoms with Gasteiger partial charge in [0, 0.05) is 31.2 Å². The Hall–Kier alpha value is -1.27. The minimum atomic E-state index is 0.0878. The Morgan fingerprint density at radius 3 is 2.46 bits per heavy atom. The average Bonchev–Trinajstić information content (AvgIpc) is 2.73. The third kappa shape index (κ3) is 5.01. The number of hydrogen-bond acceptors (Lipinski definition) is 4. The molecule has 3 fully saturated rings. The molecule has 0 spiro atoms. The van der Waals surface area contributed by atoms with E-state index in [9.17, 15) is 9.59 Å². The quantitative estimate of drug-likeness (QED) is 0.420. The fraction of sp³-hybridized carbons (Fsp3) is 0.727. The van der Waals surface area contributed by atoms with Crippen molar-refractivity contribution in [2.24, 2.45) is 11.8 Å². The molecule has 6 heteroatoms. The minimum absolute atomic E-state index is 0.0878. The topological polar surface area (TPSA) is 52.7 Å². The summed E-state index contributed by atoms with van der Waals surface area (Å²) in [6, 6.07) is 0.407. The van der Waals surface area contributed by atoms with Gasteiger partial charge in [-0.25, -0.2) is 0 Å². The van der Waals surface area contributed by atoms with Crippen LogP contribution in [0.1, 0.15) is 51.4 Å². The number of carbonyl (C=O) groups is 2. The van der Waals surface area contributed by atoms with Crippen molar-refractivity contribution in [2.75, 3.05) is 33.2 Å². The molecule has 2 aliphatic heterocycles. The van der Waals surface area contributed by atoms with Crippen LogP contribution in [0.2, 0.25) is 0 Å². The largest absolute Gasteiger partial charge is 0.342 e. The Morgan fingerprint density at radius 2 is 1.75 bits per heavy atom. The molecular formula is C22H35N3O2S. The van der Waals surface area contributed by atoms with Crippen LogP contribution in [-0.2, 0) is 9.59 Å². The smallest absolute Gasteiger partial charge is 0.253 e. The summed E-state index contributed by atoms with van der Waals surface area (Å²) in [6.45, 7) is 6.83. The molecule has 0 radical (unpaired) electrons. The van der Waals surface area contributed by atoms with Crippen LogP contribution in [0.25, 0.3) is 0 Å². The van der Waals surface area contributed by atoms with E-state index in [0.717, 1.165) is 50.2 Å². The molecule has 2 saturated heterocycles. The molecule has 0 aromatic carbocycles. The van der Waals surface area contributed by atoms with Crippen molar-refractivity contribution in [3.05, 3.63) is 23.1 Å². The number of likely N-dealkylation sites (N-methyl/N-ethyl adjacent to an activating group) is 1. The van der Waals surface area contributed by atoms with E-state index in [0.29, 0.717) is 30.0 Å². The van der Waals surface area contributed by atoms with Crippen LogP contribution >= 0.6 is 12.6 Å². The van der Waals surface area contributed by atoms with Gasteiger partial charge in [-0.1, -0.05) is 19.4 Å². The maximum atomic E-state index is 13.1. The predicted octanol–water partition coefficient (Wildman–Crippen LogP) is 3.00. The lowest BCUT2D eigenvalue weighted by Gasteiger charge is -2.44. The highest BCUT2D eigenvalue weighted by atomic mass is 32.1. The SMILES string of the molecule is C=C(/C=C(\S)C1CCN(C(=O)CNC)CC1)C(=O)N1CCCC2CCCCC21. The van der Waals surface area contributed by atoms with Crippen molar-refractivity contribution in [1.82, 2.24) is 15.1 Å². The molecule has 2 heterocycles. The number of amides is 2. The standard InChI is InChI=1S/C22H35N3O2S/c1-16(22(27)25-11-5-7-17-6-3-4-8-19(17)25)14-20(28)18-9-12-24(13-10-18)21(26)15-23-2/h14,17-19,23,28H,1,3-13,15H2,2H3/b20-14-. The number of allylic oxidation sites excluding steroid dienone is 1. The number of nitrogens with zero attached hydrogens (tertiary/aromatic N) is 2. The Bertz CT molecular complexity index is 623. The van der Waals surface area contributed by atoms with Crippen molar-refractivity contribution in [3.8, 4) is 0 Å². The summed E-state index contributed by atoms with van der Waals surface area (Å²) in [5, 5.41) is 2.92. The first-order valence-corrected chi connectivity index (χ1v) is 11.3. The van der Waals surface area contributed by atoms with Crippen molar-refractivity contribution in [2.45, 2.75) is 57.4 Å². The van der Waals surface area contributed by atoms with Crippen molar-refractivity contribution < 1.29 is 9.59 Å². The number of thiol groups is 1. The Labute approximate surface area is 175 Å². The lowest BCUT2D eigenvalue weighted by atomic mass is 9.78. The molecule has 28 heavy (non-hydrogen) atoms. The number of piperidine rings is 2. The lowest BCUT2D eigenvalue weighted by Crippen LogP contribution is -2.49. The van der Waals surface area contributed by atoms with Crippen LogP contribution in [0.15, 0.2) is 23.1 Å². The van der Waals surface area contributed by atoms with E-state index in [2.05, 4.69) is 16.8 Å². The molecule has 3 rings (SSSR count). The summed E-state index contributed by atoms with van der Waals surface area (Å²) in [6.07, 6.45) is 11.0. The van der Waals surface area contributed by atoms with Gasteiger partial charge < -0.3 is 15.1 Å². The van der Waals surface area contributed by atoms with Gasteiger partial charge in [-0.15, -0.1) is 12.6 Å². The minimum Gasteiger partial charge on any atom is -0.342 e. The first kappa shape index (κ1) is 21.4. The van der Waals surface area contributed by atoms with Crippen molar-refractivity contribution in [1.29, 1.82) is 0 Å². The van der Waals surface area contributed by atoms with E-state index in [1.807, 2.05) is 11.0 Å². The van der Waals surface area contributed by atoms with E-state index >= 15 is 0 Å². The molecule has 5 nitrogen and oxygen atoms in total. The van der Waals surface area contributed by atoms with Crippen LogP contribution in [-0.4, -0.2) is 60.9 Å². The fourth-order valence-electron chi connectivity index (χ4n) is 5.11. The van der Waals surface area contributed by atoms with Gasteiger partial charge in [0.25, 0.3) is 5.91 Å².